The van der Waals surface area contributed by atoms with E-state index < -0.39 is 0 Å². The minimum absolute atomic E-state index is 0.278. The molecule has 1 amide bonds. The van der Waals surface area contributed by atoms with Crippen LogP contribution in [0.15, 0.2) is 67.4 Å². The van der Waals surface area contributed by atoms with E-state index in [0.717, 1.165) is 11.4 Å². The highest BCUT2D eigenvalue weighted by Gasteiger charge is 2.15. The molecule has 4 N–H and O–H groups in total. The van der Waals surface area contributed by atoms with Crippen molar-refractivity contribution in [3.05, 3.63) is 67.4 Å². The molecule has 0 saturated carbocycles. The van der Waals surface area contributed by atoms with Crippen molar-refractivity contribution in [3.8, 4) is 5.75 Å². The fourth-order valence-electron chi connectivity index (χ4n) is 3.00. The van der Waals surface area contributed by atoms with Gasteiger partial charge < -0.3 is 30.9 Å². The lowest BCUT2D eigenvalue weighted by Crippen LogP contribution is -2.31. The largest absolute Gasteiger partial charge is 0.494 e. The average Bonchev–Trinajstić information content (AvgIpc) is 2.84. The van der Waals surface area contributed by atoms with Crippen LogP contribution in [-0.4, -0.2) is 54.6 Å². The van der Waals surface area contributed by atoms with Crippen LogP contribution in [0, 0.1) is 0 Å². The smallest absolute Gasteiger partial charge is 0.247 e. The molecule has 9 heteroatoms. The number of hydrogen-bond acceptors (Lipinski definition) is 8. The molecule has 178 valence electrons. The van der Waals surface area contributed by atoms with Crippen molar-refractivity contribution in [2.75, 3.05) is 49.0 Å². The first-order valence-electron chi connectivity index (χ1n) is 10.9. The first kappa shape index (κ1) is 24.5. The van der Waals surface area contributed by atoms with Crippen molar-refractivity contribution in [1.82, 2.24) is 14.9 Å². The lowest BCUT2D eigenvalue weighted by Gasteiger charge is -2.23. The van der Waals surface area contributed by atoms with Crippen molar-refractivity contribution < 1.29 is 9.53 Å². The Labute approximate surface area is 200 Å². The predicted molar refractivity (Wildman–Crippen MR) is 138 cm³/mol. The number of aromatic nitrogens is 2. The molecule has 2 aromatic carbocycles. The number of nitrogens with zero attached hydrogens (tertiary/aromatic N) is 3. The zero-order valence-corrected chi connectivity index (χ0v) is 19.9. The van der Waals surface area contributed by atoms with E-state index >= 15 is 0 Å². The van der Waals surface area contributed by atoms with Gasteiger partial charge >= 0.3 is 0 Å². The number of carbonyl (C=O) groups excluding carboxylic acids is 1. The quantitative estimate of drug-likeness (QED) is 0.310. The molecule has 1 unspecified atom stereocenters. The molecule has 0 saturated heterocycles. The number of hydrogen-bond donors (Lipinski definition) is 4. The fourth-order valence-corrected chi connectivity index (χ4v) is 3.00. The first-order chi connectivity index (χ1) is 16.4. The Morgan fingerprint density at radius 2 is 1.88 bits per heavy atom. The molecule has 3 rings (SSSR count). The number of nitrogens with one attached hydrogen (secondary N) is 4. The molecular formula is C25H31N7O2. The van der Waals surface area contributed by atoms with Crippen LogP contribution in [0.5, 0.6) is 5.75 Å². The third kappa shape index (κ3) is 6.69. The molecule has 0 spiro atoms. The SMILES string of the molecule is C=CC(=O)Nc1cc(Nc2nccc(Nc3ccccc3)n2)c(OC)cc1NCC(C)N(C)C. The van der Waals surface area contributed by atoms with Gasteiger partial charge in [0, 0.05) is 30.5 Å². The zero-order chi connectivity index (χ0) is 24.5. The maximum absolute atomic E-state index is 12.1. The summed E-state index contributed by atoms with van der Waals surface area (Å²) in [6, 6.07) is 15.4. The number of para-hydroxylation sites is 1. The van der Waals surface area contributed by atoms with Gasteiger partial charge in [-0.3, -0.25) is 4.79 Å². The molecule has 1 heterocycles. The van der Waals surface area contributed by atoms with E-state index in [0.29, 0.717) is 35.4 Å². The van der Waals surface area contributed by atoms with E-state index in [2.05, 4.69) is 49.6 Å². The summed E-state index contributed by atoms with van der Waals surface area (Å²) in [5.41, 5.74) is 2.83. The minimum Gasteiger partial charge on any atom is -0.494 e. The predicted octanol–water partition coefficient (Wildman–Crippen LogP) is 4.46. The highest BCUT2D eigenvalue weighted by Crippen LogP contribution is 2.36. The molecule has 0 fully saturated rings. The van der Waals surface area contributed by atoms with E-state index in [-0.39, 0.29) is 11.9 Å². The first-order valence-corrected chi connectivity index (χ1v) is 10.9. The van der Waals surface area contributed by atoms with Crippen molar-refractivity contribution >= 4 is 40.4 Å². The van der Waals surface area contributed by atoms with E-state index in [1.165, 1.54) is 6.08 Å². The molecule has 1 atom stereocenters. The molecular weight excluding hydrogens is 430 g/mol. The van der Waals surface area contributed by atoms with Crippen molar-refractivity contribution in [2.24, 2.45) is 0 Å². The van der Waals surface area contributed by atoms with Crippen LogP contribution >= 0.6 is 0 Å². The Hall–Kier alpha value is -4.11. The normalized spacial score (nSPS) is 11.4. The number of amides is 1. The third-order valence-electron chi connectivity index (χ3n) is 5.20. The van der Waals surface area contributed by atoms with Crippen LogP contribution in [0.25, 0.3) is 0 Å². The summed E-state index contributed by atoms with van der Waals surface area (Å²) >= 11 is 0. The van der Waals surface area contributed by atoms with Crippen LogP contribution in [-0.2, 0) is 4.79 Å². The fraction of sp³-hybridized carbons (Fsp3) is 0.240. The van der Waals surface area contributed by atoms with E-state index in [1.807, 2.05) is 50.5 Å². The Balaban J connectivity index is 1.88. The lowest BCUT2D eigenvalue weighted by molar-refractivity contribution is -0.111. The number of methoxy groups -OCH3 is 1. The maximum Gasteiger partial charge on any atom is 0.247 e. The van der Waals surface area contributed by atoms with Crippen molar-refractivity contribution in [2.45, 2.75) is 13.0 Å². The van der Waals surface area contributed by atoms with Gasteiger partial charge in [-0.05, 0) is 51.4 Å². The van der Waals surface area contributed by atoms with Crippen LogP contribution in [0.2, 0.25) is 0 Å². The molecule has 3 aromatic rings. The van der Waals surface area contributed by atoms with Crippen LogP contribution in [0.1, 0.15) is 6.92 Å². The number of ether oxygens (including phenoxy) is 1. The molecule has 9 nitrogen and oxygen atoms in total. The van der Waals surface area contributed by atoms with Gasteiger partial charge in [-0.15, -0.1) is 0 Å². The molecule has 0 radical (unpaired) electrons. The number of rotatable bonds is 11. The minimum atomic E-state index is -0.315. The summed E-state index contributed by atoms with van der Waals surface area (Å²) in [5.74, 6) is 1.27. The van der Waals surface area contributed by atoms with Gasteiger partial charge in [0.1, 0.15) is 11.6 Å². The summed E-state index contributed by atoms with van der Waals surface area (Å²) in [7, 11) is 5.62. The Kier molecular flexibility index (Phi) is 8.42. The molecule has 0 bridgehead atoms. The summed E-state index contributed by atoms with van der Waals surface area (Å²) in [4.78, 5) is 23.0. The highest BCUT2D eigenvalue weighted by atomic mass is 16.5. The summed E-state index contributed by atoms with van der Waals surface area (Å²) in [5, 5.41) is 12.7. The number of benzene rings is 2. The maximum atomic E-state index is 12.1. The van der Waals surface area contributed by atoms with E-state index in [9.17, 15) is 4.79 Å². The second-order valence-corrected chi connectivity index (χ2v) is 7.87. The summed E-state index contributed by atoms with van der Waals surface area (Å²) in [6.45, 7) is 6.33. The molecule has 0 aliphatic carbocycles. The zero-order valence-electron chi connectivity index (χ0n) is 19.9. The number of carbonyl (C=O) groups is 1. The third-order valence-corrected chi connectivity index (χ3v) is 5.20. The van der Waals surface area contributed by atoms with E-state index in [4.69, 9.17) is 4.74 Å². The molecule has 0 aliphatic heterocycles. The second kappa shape index (κ2) is 11.7. The molecule has 34 heavy (non-hydrogen) atoms. The van der Waals surface area contributed by atoms with Crippen molar-refractivity contribution in [1.29, 1.82) is 0 Å². The highest BCUT2D eigenvalue weighted by molar-refractivity contribution is 6.02. The average molecular weight is 462 g/mol. The van der Waals surface area contributed by atoms with Gasteiger partial charge in [0.2, 0.25) is 11.9 Å². The lowest BCUT2D eigenvalue weighted by atomic mass is 10.2. The molecule has 0 aliphatic rings. The van der Waals surface area contributed by atoms with Gasteiger partial charge in [0.05, 0.1) is 24.2 Å². The van der Waals surface area contributed by atoms with Gasteiger partial charge in [-0.25, -0.2) is 4.98 Å². The Bertz CT molecular complexity index is 1120. The summed E-state index contributed by atoms with van der Waals surface area (Å²) < 4.78 is 5.61. The topological polar surface area (TPSA) is 103 Å². The monoisotopic (exact) mass is 461 g/mol. The summed E-state index contributed by atoms with van der Waals surface area (Å²) in [6.07, 6.45) is 2.89. The number of anilines is 6. The van der Waals surface area contributed by atoms with E-state index in [1.54, 1.807) is 25.4 Å². The van der Waals surface area contributed by atoms with Crippen LogP contribution in [0.4, 0.5) is 34.5 Å². The number of likely N-dealkylation sites (N-methyl/N-ethyl adjacent to an activating group) is 1. The van der Waals surface area contributed by atoms with Gasteiger partial charge in [0.15, 0.2) is 0 Å². The van der Waals surface area contributed by atoms with Gasteiger partial charge in [-0.2, -0.15) is 4.98 Å². The molecule has 1 aromatic heterocycles. The van der Waals surface area contributed by atoms with Crippen LogP contribution in [0.3, 0.4) is 0 Å². The Morgan fingerprint density at radius 1 is 1.12 bits per heavy atom. The standard InChI is InChI=1S/C25H31N7O2/c1-6-24(33)29-20-14-21(22(34-5)15-19(20)27-16-17(2)32(3)4)30-25-26-13-12-23(31-25)28-18-10-8-7-9-11-18/h6-15,17,27H,1,16H2,2-5H3,(H,29,33)(H2,26,28,30,31). The second-order valence-electron chi connectivity index (χ2n) is 7.87. The van der Waals surface area contributed by atoms with Gasteiger partial charge in [0.25, 0.3) is 0 Å². The Morgan fingerprint density at radius 3 is 2.56 bits per heavy atom. The van der Waals surface area contributed by atoms with Crippen molar-refractivity contribution in [3.63, 3.8) is 0 Å². The van der Waals surface area contributed by atoms with Gasteiger partial charge in [-0.1, -0.05) is 24.8 Å². The van der Waals surface area contributed by atoms with Crippen LogP contribution < -0.4 is 26.0 Å².